The molecule has 0 aliphatic carbocycles. The van der Waals surface area contributed by atoms with Crippen LogP contribution in [-0.2, 0) is 20.6 Å². The molecule has 3 aromatic rings. The fourth-order valence-corrected chi connectivity index (χ4v) is 5.76. The summed E-state index contributed by atoms with van der Waals surface area (Å²) in [6.07, 6.45) is 0. The molecular formula is C24H25ClN2O3S2. The van der Waals surface area contributed by atoms with Gasteiger partial charge in [-0.3, -0.25) is 9.10 Å². The number of hydrogen-bond acceptors (Lipinski definition) is 4. The summed E-state index contributed by atoms with van der Waals surface area (Å²) >= 11 is 7.82. The minimum Gasteiger partial charge on any atom is -0.354 e. The molecule has 0 atom stereocenters. The minimum absolute atomic E-state index is 0.145. The van der Waals surface area contributed by atoms with Gasteiger partial charge in [-0.1, -0.05) is 66.2 Å². The highest BCUT2D eigenvalue weighted by atomic mass is 35.5. The van der Waals surface area contributed by atoms with Crippen LogP contribution in [0.1, 0.15) is 11.1 Å². The summed E-state index contributed by atoms with van der Waals surface area (Å²) in [6.45, 7) is 1.96. The zero-order valence-corrected chi connectivity index (χ0v) is 20.1. The molecule has 168 valence electrons. The first-order chi connectivity index (χ1) is 15.4. The second-order valence-corrected chi connectivity index (χ2v) is 10.5. The first kappa shape index (κ1) is 24.2. The fraction of sp³-hybridized carbons (Fsp3) is 0.208. The Morgan fingerprint density at radius 1 is 0.969 bits per heavy atom. The number of carbonyl (C=O) groups is 1. The van der Waals surface area contributed by atoms with Gasteiger partial charge in [0.2, 0.25) is 5.91 Å². The number of benzene rings is 3. The fourth-order valence-electron chi connectivity index (χ4n) is 3.11. The minimum atomic E-state index is -3.90. The van der Waals surface area contributed by atoms with Gasteiger partial charge in [-0.2, -0.15) is 11.8 Å². The van der Waals surface area contributed by atoms with E-state index >= 15 is 0 Å². The molecule has 3 rings (SSSR count). The lowest BCUT2D eigenvalue weighted by Crippen LogP contribution is -2.41. The maximum absolute atomic E-state index is 13.3. The number of nitrogens with zero attached hydrogens (tertiary/aromatic N) is 1. The normalized spacial score (nSPS) is 11.2. The quantitative estimate of drug-likeness (QED) is 0.412. The van der Waals surface area contributed by atoms with E-state index in [2.05, 4.69) is 5.32 Å². The van der Waals surface area contributed by atoms with Crippen LogP contribution >= 0.6 is 23.4 Å². The molecule has 32 heavy (non-hydrogen) atoms. The third-order valence-corrected chi connectivity index (χ3v) is 7.94. The Morgan fingerprint density at radius 3 is 2.34 bits per heavy atom. The zero-order chi connectivity index (χ0) is 23.0. The smallest absolute Gasteiger partial charge is 0.264 e. The van der Waals surface area contributed by atoms with Gasteiger partial charge in [0.15, 0.2) is 0 Å². The summed E-state index contributed by atoms with van der Waals surface area (Å²) in [5, 5.41) is 3.55. The third-order valence-electron chi connectivity index (χ3n) is 4.79. The standard InChI is InChI=1S/C24H25ClN2O3S2/c1-19-9-5-8-14-23(19)27(32(29,30)21-11-3-2-4-12-21)17-24(28)26-15-16-31-18-20-10-6-7-13-22(20)25/h2-14H,15-18H2,1H3,(H,26,28). The summed E-state index contributed by atoms with van der Waals surface area (Å²) in [5.41, 5.74) is 2.31. The molecule has 0 fully saturated rings. The van der Waals surface area contributed by atoms with E-state index in [9.17, 15) is 13.2 Å². The van der Waals surface area contributed by atoms with Crippen LogP contribution in [0.5, 0.6) is 0 Å². The van der Waals surface area contributed by atoms with Crippen molar-refractivity contribution < 1.29 is 13.2 Å². The van der Waals surface area contributed by atoms with Gasteiger partial charge in [-0.05, 0) is 42.3 Å². The number of nitrogens with one attached hydrogen (secondary N) is 1. The van der Waals surface area contributed by atoms with Gasteiger partial charge in [-0.25, -0.2) is 8.42 Å². The van der Waals surface area contributed by atoms with Crippen molar-refractivity contribution in [3.05, 3.63) is 95.0 Å². The molecule has 0 radical (unpaired) electrons. The highest BCUT2D eigenvalue weighted by molar-refractivity contribution is 7.98. The van der Waals surface area contributed by atoms with Crippen molar-refractivity contribution in [2.45, 2.75) is 17.6 Å². The molecule has 0 spiro atoms. The van der Waals surface area contributed by atoms with Crippen molar-refractivity contribution in [2.24, 2.45) is 0 Å². The Balaban J connectivity index is 1.64. The monoisotopic (exact) mass is 488 g/mol. The van der Waals surface area contributed by atoms with Crippen molar-refractivity contribution in [3.8, 4) is 0 Å². The van der Waals surface area contributed by atoms with Gasteiger partial charge in [0.05, 0.1) is 10.6 Å². The predicted octanol–water partition coefficient (Wildman–Crippen LogP) is 4.89. The van der Waals surface area contributed by atoms with Gasteiger partial charge in [-0.15, -0.1) is 0 Å². The van der Waals surface area contributed by atoms with Crippen LogP contribution in [0.4, 0.5) is 5.69 Å². The van der Waals surface area contributed by atoms with Gasteiger partial charge >= 0.3 is 0 Å². The number of rotatable bonds is 10. The summed E-state index contributed by atoms with van der Waals surface area (Å²) < 4.78 is 27.8. The molecule has 0 saturated carbocycles. The molecule has 0 aliphatic heterocycles. The molecule has 0 saturated heterocycles. The van der Waals surface area contributed by atoms with Gasteiger partial charge in [0, 0.05) is 23.1 Å². The molecule has 0 aliphatic rings. The number of anilines is 1. The number of halogens is 1. The van der Waals surface area contributed by atoms with Crippen LogP contribution in [-0.4, -0.2) is 33.2 Å². The average Bonchev–Trinajstić information content (AvgIpc) is 2.79. The Bertz CT molecular complexity index is 1150. The number of sulfonamides is 1. The highest BCUT2D eigenvalue weighted by Crippen LogP contribution is 2.26. The molecule has 0 aromatic heterocycles. The maximum atomic E-state index is 13.3. The van der Waals surface area contributed by atoms with E-state index < -0.39 is 10.0 Å². The van der Waals surface area contributed by atoms with Crippen molar-refractivity contribution in [1.29, 1.82) is 0 Å². The van der Waals surface area contributed by atoms with Crippen molar-refractivity contribution >= 4 is 45.0 Å². The van der Waals surface area contributed by atoms with Crippen molar-refractivity contribution in [1.82, 2.24) is 5.32 Å². The largest absolute Gasteiger partial charge is 0.354 e. The number of amides is 1. The van der Waals surface area contributed by atoms with Gasteiger partial charge in [0.25, 0.3) is 10.0 Å². The van der Waals surface area contributed by atoms with Gasteiger partial charge < -0.3 is 5.32 Å². The van der Waals surface area contributed by atoms with E-state index in [0.717, 1.165) is 21.9 Å². The maximum Gasteiger partial charge on any atom is 0.264 e. The third kappa shape index (κ3) is 6.28. The molecular weight excluding hydrogens is 464 g/mol. The van der Waals surface area contributed by atoms with E-state index in [4.69, 9.17) is 11.6 Å². The van der Waals surface area contributed by atoms with Crippen LogP contribution in [0, 0.1) is 6.92 Å². The van der Waals surface area contributed by atoms with Crippen LogP contribution in [0.25, 0.3) is 0 Å². The Kier molecular flexibility index (Phi) is 8.61. The van der Waals surface area contributed by atoms with Crippen LogP contribution in [0.15, 0.2) is 83.8 Å². The molecule has 0 bridgehead atoms. The summed E-state index contributed by atoms with van der Waals surface area (Å²) in [6, 6.07) is 22.9. The number of para-hydroxylation sites is 1. The first-order valence-electron chi connectivity index (χ1n) is 10.1. The molecule has 0 unspecified atom stereocenters. The van der Waals surface area contributed by atoms with Gasteiger partial charge in [0.1, 0.15) is 6.54 Å². The number of carbonyl (C=O) groups excluding carboxylic acids is 1. The van der Waals surface area contributed by atoms with Crippen LogP contribution < -0.4 is 9.62 Å². The topological polar surface area (TPSA) is 66.5 Å². The SMILES string of the molecule is Cc1ccccc1N(CC(=O)NCCSCc1ccccc1Cl)S(=O)(=O)c1ccccc1. The van der Waals surface area contributed by atoms with Crippen molar-refractivity contribution in [3.63, 3.8) is 0 Å². The predicted molar refractivity (Wildman–Crippen MR) is 133 cm³/mol. The lowest BCUT2D eigenvalue weighted by atomic mass is 10.2. The second kappa shape index (κ2) is 11.4. The van der Waals surface area contributed by atoms with E-state index in [1.54, 1.807) is 42.1 Å². The lowest BCUT2D eigenvalue weighted by molar-refractivity contribution is -0.119. The molecule has 5 nitrogen and oxygen atoms in total. The molecule has 1 amide bonds. The van der Waals surface area contributed by atoms with E-state index in [1.807, 2.05) is 43.3 Å². The summed E-state index contributed by atoms with van der Waals surface area (Å²) in [7, 11) is -3.90. The lowest BCUT2D eigenvalue weighted by Gasteiger charge is -2.25. The second-order valence-electron chi connectivity index (χ2n) is 7.11. The molecule has 1 N–H and O–H groups in total. The summed E-state index contributed by atoms with van der Waals surface area (Å²) in [4.78, 5) is 12.8. The van der Waals surface area contributed by atoms with E-state index in [0.29, 0.717) is 18.0 Å². The Hall–Kier alpha value is -2.48. The Morgan fingerprint density at radius 2 is 1.62 bits per heavy atom. The zero-order valence-electron chi connectivity index (χ0n) is 17.7. The van der Waals surface area contributed by atoms with E-state index in [1.165, 1.54) is 16.4 Å². The summed E-state index contributed by atoms with van der Waals surface area (Å²) in [5.74, 6) is 1.08. The number of aryl methyl sites for hydroxylation is 1. The van der Waals surface area contributed by atoms with Crippen LogP contribution in [0.3, 0.4) is 0 Å². The molecule has 0 heterocycles. The van der Waals surface area contributed by atoms with E-state index in [-0.39, 0.29) is 17.3 Å². The first-order valence-corrected chi connectivity index (χ1v) is 13.1. The van der Waals surface area contributed by atoms with Crippen molar-refractivity contribution in [2.75, 3.05) is 23.1 Å². The molecule has 8 heteroatoms. The Labute approximate surface area is 198 Å². The highest BCUT2D eigenvalue weighted by Gasteiger charge is 2.27. The number of hydrogen-bond donors (Lipinski definition) is 1. The molecule has 3 aromatic carbocycles. The van der Waals surface area contributed by atoms with Crippen LogP contribution in [0.2, 0.25) is 5.02 Å². The average molecular weight is 489 g/mol. The number of thioether (sulfide) groups is 1.